The van der Waals surface area contributed by atoms with E-state index in [0.717, 1.165) is 25.9 Å². The van der Waals surface area contributed by atoms with Crippen molar-refractivity contribution in [2.75, 3.05) is 20.1 Å². The zero-order valence-corrected chi connectivity index (χ0v) is 11.9. The van der Waals surface area contributed by atoms with Crippen LogP contribution in [0.4, 0.5) is 13.2 Å². The van der Waals surface area contributed by atoms with Crippen molar-refractivity contribution in [1.29, 1.82) is 0 Å². The third-order valence-corrected chi connectivity index (χ3v) is 4.23. The second kappa shape index (κ2) is 7.11. The van der Waals surface area contributed by atoms with Crippen molar-refractivity contribution in [3.8, 4) is 0 Å². The molecule has 122 valence electrons. The molecule has 1 atom stereocenters. The highest BCUT2D eigenvalue weighted by atomic mass is 19.4. The highest BCUT2D eigenvalue weighted by Gasteiger charge is 2.41. The first-order chi connectivity index (χ1) is 9.70. The van der Waals surface area contributed by atoms with Crippen molar-refractivity contribution in [2.45, 2.75) is 38.3 Å². The number of aliphatic carboxylic acids is 1. The van der Waals surface area contributed by atoms with E-state index in [2.05, 4.69) is 10.6 Å². The molecule has 8 heteroatoms. The molecular weight excluding hydrogens is 289 g/mol. The first-order valence-corrected chi connectivity index (χ1v) is 6.93. The van der Waals surface area contributed by atoms with E-state index in [-0.39, 0.29) is 11.8 Å². The Morgan fingerprint density at radius 2 is 1.76 bits per heavy atom. The molecule has 0 aromatic carbocycles. The molecule has 2 rings (SSSR count). The number of nitrogens with one attached hydrogen (secondary N) is 2. The van der Waals surface area contributed by atoms with E-state index in [9.17, 15) is 18.0 Å². The molecule has 0 aromatic heterocycles. The molecule has 2 aliphatic rings. The number of carbonyl (C=O) groups excluding carboxylic acids is 1. The van der Waals surface area contributed by atoms with Gasteiger partial charge in [-0.25, -0.2) is 4.79 Å². The molecule has 0 aromatic rings. The van der Waals surface area contributed by atoms with Crippen LogP contribution >= 0.6 is 0 Å². The Kier molecular flexibility index (Phi) is 6.00. The summed E-state index contributed by atoms with van der Waals surface area (Å²) in [5.74, 6) is -2.22. The molecule has 1 spiro atoms. The summed E-state index contributed by atoms with van der Waals surface area (Å²) in [6.07, 6.45) is 0.918. The Labute approximate surface area is 121 Å². The maximum atomic E-state index is 11.5. The summed E-state index contributed by atoms with van der Waals surface area (Å²) in [6.45, 7) is 2.28. The molecule has 2 fully saturated rings. The number of rotatable bonds is 1. The fourth-order valence-corrected chi connectivity index (χ4v) is 3.05. The second-order valence-corrected chi connectivity index (χ2v) is 5.61. The van der Waals surface area contributed by atoms with Gasteiger partial charge in [0.25, 0.3) is 0 Å². The number of hydrogen-bond acceptors (Lipinski definition) is 3. The number of hydrogen-bond donors (Lipinski definition) is 3. The van der Waals surface area contributed by atoms with Gasteiger partial charge in [0.15, 0.2) is 0 Å². The standard InChI is InChI=1S/C11H20N2O.C2HF3O2/c1-12-10(14)9-2-3-11(8-9)4-6-13-7-5-11;3-2(4,5)1(6)7/h9,13H,2-8H2,1H3,(H,12,14);(H,6,7). The molecule has 1 aliphatic carbocycles. The molecule has 1 saturated heterocycles. The molecule has 1 saturated carbocycles. The number of amides is 1. The number of piperidine rings is 1. The van der Waals surface area contributed by atoms with Crippen LogP contribution in [0.1, 0.15) is 32.1 Å². The minimum atomic E-state index is -5.08. The SMILES string of the molecule is CNC(=O)C1CCC2(CCNCC2)C1.O=C(O)C(F)(F)F. The third-order valence-electron chi connectivity index (χ3n) is 4.23. The summed E-state index contributed by atoms with van der Waals surface area (Å²) < 4.78 is 31.7. The predicted octanol–water partition coefficient (Wildman–Crippen LogP) is 1.54. The molecule has 1 amide bonds. The lowest BCUT2D eigenvalue weighted by Crippen LogP contribution is -2.36. The van der Waals surface area contributed by atoms with E-state index >= 15 is 0 Å². The van der Waals surface area contributed by atoms with Gasteiger partial charge in [0, 0.05) is 13.0 Å². The Morgan fingerprint density at radius 1 is 1.24 bits per heavy atom. The number of carbonyl (C=O) groups is 2. The molecule has 1 unspecified atom stereocenters. The maximum Gasteiger partial charge on any atom is 0.490 e. The average molecular weight is 310 g/mol. The van der Waals surface area contributed by atoms with Crippen molar-refractivity contribution in [3.63, 3.8) is 0 Å². The summed E-state index contributed by atoms with van der Waals surface area (Å²) >= 11 is 0. The smallest absolute Gasteiger partial charge is 0.475 e. The molecule has 0 radical (unpaired) electrons. The Morgan fingerprint density at radius 3 is 2.19 bits per heavy atom. The van der Waals surface area contributed by atoms with Gasteiger partial charge in [0.1, 0.15) is 0 Å². The maximum absolute atomic E-state index is 11.5. The first kappa shape index (κ1) is 17.7. The lowest BCUT2D eigenvalue weighted by molar-refractivity contribution is -0.192. The highest BCUT2D eigenvalue weighted by Crippen LogP contribution is 2.47. The van der Waals surface area contributed by atoms with E-state index in [1.54, 1.807) is 7.05 Å². The highest BCUT2D eigenvalue weighted by molar-refractivity contribution is 5.78. The number of halogens is 3. The van der Waals surface area contributed by atoms with Crippen molar-refractivity contribution in [1.82, 2.24) is 10.6 Å². The van der Waals surface area contributed by atoms with Crippen LogP contribution in [0, 0.1) is 11.3 Å². The fourth-order valence-electron chi connectivity index (χ4n) is 3.05. The summed E-state index contributed by atoms with van der Waals surface area (Å²) in [7, 11) is 1.75. The van der Waals surface area contributed by atoms with Gasteiger partial charge < -0.3 is 15.7 Å². The van der Waals surface area contributed by atoms with Crippen molar-refractivity contribution in [2.24, 2.45) is 11.3 Å². The fraction of sp³-hybridized carbons (Fsp3) is 0.846. The van der Waals surface area contributed by atoms with Crippen molar-refractivity contribution >= 4 is 11.9 Å². The van der Waals surface area contributed by atoms with Gasteiger partial charge in [-0.05, 0) is 50.6 Å². The molecule has 21 heavy (non-hydrogen) atoms. The normalized spacial score (nSPS) is 24.1. The van der Waals surface area contributed by atoms with E-state index in [1.165, 1.54) is 19.3 Å². The average Bonchev–Trinajstić information content (AvgIpc) is 2.82. The lowest BCUT2D eigenvalue weighted by Gasteiger charge is -2.33. The van der Waals surface area contributed by atoms with E-state index in [1.807, 2.05) is 0 Å². The summed E-state index contributed by atoms with van der Waals surface area (Å²) in [6, 6.07) is 0. The molecule has 5 nitrogen and oxygen atoms in total. The van der Waals surface area contributed by atoms with E-state index in [4.69, 9.17) is 9.90 Å². The Hall–Kier alpha value is -1.31. The number of carboxylic acid groups (broad SMARTS) is 1. The predicted molar refractivity (Wildman–Crippen MR) is 69.6 cm³/mol. The second-order valence-electron chi connectivity index (χ2n) is 5.61. The van der Waals surface area contributed by atoms with Crippen LogP contribution in [-0.2, 0) is 9.59 Å². The minimum Gasteiger partial charge on any atom is -0.475 e. The van der Waals surface area contributed by atoms with Gasteiger partial charge in [0.2, 0.25) is 5.91 Å². The minimum absolute atomic E-state index is 0.250. The first-order valence-electron chi connectivity index (χ1n) is 6.93. The monoisotopic (exact) mass is 310 g/mol. The largest absolute Gasteiger partial charge is 0.490 e. The summed E-state index contributed by atoms with van der Waals surface area (Å²) in [5, 5.41) is 13.3. The van der Waals surface area contributed by atoms with Crippen molar-refractivity contribution < 1.29 is 27.9 Å². The van der Waals surface area contributed by atoms with Gasteiger partial charge in [-0.15, -0.1) is 0 Å². The van der Waals surface area contributed by atoms with E-state index in [0.29, 0.717) is 5.41 Å². The van der Waals surface area contributed by atoms with Crippen LogP contribution < -0.4 is 10.6 Å². The van der Waals surface area contributed by atoms with Crippen LogP contribution in [0.2, 0.25) is 0 Å². The molecule has 1 aliphatic heterocycles. The third kappa shape index (κ3) is 5.18. The van der Waals surface area contributed by atoms with Crippen molar-refractivity contribution in [3.05, 3.63) is 0 Å². The van der Waals surface area contributed by atoms with Gasteiger partial charge in [-0.3, -0.25) is 4.79 Å². The van der Waals surface area contributed by atoms with Crippen LogP contribution in [0.5, 0.6) is 0 Å². The van der Waals surface area contributed by atoms with Crippen LogP contribution in [0.15, 0.2) is 0 Å². The molecule has 0 bridgehead atoms. The van der Waals surface area contributed by atoms with Gasteiger partial charge in [-0.2, -0.15) is 13.2 Å². The topological polar surface area (TPSA) is 78.4 Å². The van der Waals surface area contributed by atoms with Crippen LogP contribution in [0.3, 0.4) is 0 Å². The van der Waals surface area contributed by atoms with Gasteiger partial charge in [-0.1, -0.05) is 0 Å². The Balaban J connectivity index is 0.000000270. The van der Waals surface area contributed by atoms with Crippen LogP contribution in [-0.4, -0.2) is 43.3 Å². The Bertz CT molecular complexity index is 379. The zero-order chi connectivity index (χ0) is 16.1. The zero-order valence-electron chi connectivity index (χ0n) is 11.9. The molecule has 3 N–H and O–H groups in total. The number of carboxylic acids is 1. The summed E-state index contributed by atoms with van der Waals surface area (Å²) in [4.78, 5) is 20.4. The quantitative estimate of drug-likeness (QED) is 0.686. The molecular formula is C13H21F3N2O3. The van der Waals surface area contributed by atoms with E-state index < -0.39 is 12.1 Å². The lowest BCUT2D eigenvalue weighted by atomic mass is 9.77. The molecule has 1 heterocycles. The van der Waals surface area contributed by atoms with Gasteiger partial charge >= 0.3 is 12.1 Å². The summed E-state index contributed by atoms with van der Waals surface area (Å²) in [5.41, 5.74) is 0.502. The number of alkyl halides is 3. The van der Waals surface area contributed by atoms with Gasteiger partial charge in [0.05, 0.1) is 0 Å². The van der Waals surface area contributed by atoms with Crippen LogP contribution in [0.25, 0.3) is 0 Å².